The van der Waals surface area contributed by atoms with E-state index in [4.69, 9.17) is 4.74 Å². The zero-order valence-corrected chi connectivity index (χ0v) is 16.0. The van der Waals surface area contributed by atoms with Crippen LogP contribution in [0.5, 0.6) is 0 Å². The molecule has 1 aromatic heterocycles. The first-order chi connectivity index (χ1) is 11.5. The average Bonchev–Trinajstić information content (AvgIpc) is 3.19. The molecule has 2 atom stereocenters. The minimum atomic E-state index is 0.0960. The van der Waals surface area contributed by atoms with Gasteiger partial charge in [0.05, 0.1) is 12.2 Å². The molecule has 1 aliphatic heterocycles. The first-order valence-corrected chi connectivity index (χ1v) is 9.50. The Morgan fingerprint density at radius 1 is 1.46 bits per heavy atom. The number of methoxy groups -OCH3 is 1. The van der Waals surface area contributed by atoms with Crippen LogP contribution in [-0.4, -0.2) is 74.4 Å². The number of nitrogens with zero attached hydrogens (tertiary/aromatic N) is 2. The number of aliphatic hydroxyl groups excluding tert-OH is 1. The SMILES string of the molecule is COCCN(C)C[C@@H]1CN(C(=O)c2csc(C(C)C)c2)C[C@@H]1CO. The van der Waals surface area contributed by atoms with Crippen molar-refractivity contribution in [3.63, 3.8) is 0 Å². The number of hydrogen-bond acceptors (Lipinski definition) is 5. The van der Waals surface area contributed by atoms with Crippen LogP contribution in [0.2, 0.25) is 0 Å². The maximum Gasteiger partial charge on any atom is 0.254 e. The Morgan fingerprint density at radius 2 is 2.17 bits per heavy atom. The molecule has 2 heterocycles. The lowest BCUT2D eigenvalue weighted by molar-refractivity contribution is 0.0779. The number of hydrogen-bond donors (Lipinski definition) is 1. The van der Waals surface area contributed by atoms with Crippen molar-refractivity contribution in [2.75, 3.05) is 53.6 Å². The topological polar surface area (TPSA) is 53.0 Å². The van der Waals surface area contributed by atoms with E-state index >= 15 is 0 Å². The summed E-state index contributed by atoms with van der Waals surface area (Å²) in [6.45, 7) is 8.21. The first-order valence-electron chi connectivity index (χ1n) is 8.62. The van der Waals surface area contributed by atoms with E-state index in [-0.39, 0.29) is 18.4 Å². The summed E-state index contributed by atoms with van der Waals surface area (Å²) in [7, 11) is 3.76. The lowest BCUT2D eigenvalue weighted by atomic mass is 9.96. The van der Waals surface area contributed by atoms with Crippen molar-refractivity contribution in [2.45, 2.75) is 19.8 Å². The molecule has 0 saturated carbocycles. The third-order valence-corrected chi connectivity index (χ3v) is 5.99. The summed E-state index contributed by atoms with van der Waals surface area (Å²) in [5.74, 6) is 1.01. The van der Waals surface area contributed by atoms with E-state index in [1.165, 1.54) is 4.88 Å². The highest BCUT2D eigenvalue weighted by atomic mass is 32.1. The van der Waals surface area contributed by atoms with Gasteiger partial charge < -0.3 is 19.6 Å². The van der Waals surface area contributed by atoms with Gasteiger partial charge in [-0.3, -0.25) is 4.79 Å². The quantitative estimate of drug-likeness (QED) is 0.777. The van der Waals surface area contributed by atoms with Crippen LogP contribution in [0.3, 0.4) is 0 Å². The lowest BCUT2D eigenvalue weighted by Gasteiger charge is -2.23. The lowest BCUT2D eigenvalue weighted by Crippen LogP contribution is -2.33. The molecule has 24 heavy (non-hydrogen) atoms. The van der Waals surface area contributed by atoms with Crippen molar-refractivity contribution in [2.24, 2.45) is 11.8 Å². The van der Waals surface area contributed by atoms with Gasteiger partial charge in [0.1, 0.15) is 0 Å². The van der Waals surface area contributed by atoms with Gasteiger partial charge in [0.2, 0.25) is 0 Å². The van der Waals surface area contributed by atoms with E-state index in [0.717, 1.165) is 18.7 Å². The summed E-state index contributed by atoms with van der Waals surface area (Å²) in [6, 6.07) is 2.02. The molecule has 1 amide bonds. The molecule has 0 radical (unpaired) electrons. The standard InChI is InChI=1S/C18H30N2O3S/c1-13(2)17-7-14(12-24-17)18(22)20-9-15(16(10-20)11-21)8-19(3)5-6-23-4/h7,12-13,15-16,21H,5-6,8-11H2,1-4H3/t15-,16-/m1/s1. The molecule has 0 spiro atoms. The zero-order chi connectivity index (χ0) is 17.7. The molecule has 1 fully saturated rings. The number of rotatable bonds is 8. The summed E-state index contributed by atoms with van der Waals surface area (Å²) >= 11 is 1.65. The number of amides is 1. The third kappa shape index (κ3) is 4.79. The highest BCUT2D eigenvalue weighted by Crippen LogP contribution is 2.28. The molecule has 5 nitrogen and oxygen atoms in total. The zero-order valence-electron chi connectivity index (χ0n) is 15.2. The van der Waals surface area contributed by atoms with Crippen molar-refractivity contribution in [3.05, 3.63) is 21.9 Å². The Hall–Kier alpha value is -0.950. The largest absolute Gasteiger partial charge is 0.396 e. The van der Waals surface area contributed by atoms with E-state index < -0.39 is 0 Å². The Bertz CT molecular complexity index is 532. The van der Waals surface area contributed by atoms with Crippen LogP contribution in [0.25, 0.3) is 0 Å². The van der Waals surface area contributed by atoms with Crippen molar-refractivity contribution in [3.8, 4) is 0 Å². The average molecular weight is 355 g/mol. The number of likely N-dealkylation sites (N-methyl/N-ethyl adjacent to an activating group) is 1. The summed E-state index contributed by atoms with van der Waals surface area (Å²) < 4.78 is 5.11. The van der Waals surface area contributed by atoms with Crippen LogP contribution in [0, 0.1) is 11.8 Å². The van der Waals surface area contributed by atoms with Gasteiger partial charge in [-0.1, -0.05) is 13.8 Å². The Kier molecular flexibility index (Phi) is 7.22. The molecular formula is C18H30N2O3S. The van der Waals surface area contributed by atoms with Crippen molar-refractivity contribution < 1.29 is 14.6 Å². The second-order valence-electron chi connectivity index (χ2n) is 7.06. The van der Waals surface area contributed by atoms with Gasteiger partial charge in [-0.05, 0) is 24.9 Å². The van der Waals surface area contributed by atoms with Gasteiger partial charge >= 0.3 is 0 Å². The number of aliphatic hydroxyl groups is 1. The Morgan fingerprint density at radius 3 is 2.75 bits per heavy atom. The molecule has 136 valence electrons. The molecule has 1 N–H and O–H groups in total. The fourth-order valence-corrected chi connectivity index (χ4v) is 4.11. The van der Waals surface area contributed by atoms with Gasteiger partial charge in [0.15, 0.2) is 0 Å². The molecular weight excluding hydrogens is 324 g/mol. The second-order valence-corrected chi connectivity index (χ2v) is 8.00. The minimum absolute atomic E-state index is 0.0960. The highest BCUT2D eigenvalue weighted by Gasteiger charge is 2.35. The third-order valence-electron chi connectivity index (χ3n) is 4.76. The number of thiophene rings is 1. The van der Waals surface area contributed by atoms with Crippen molar-refractivity contribution in [1.82, 2.24) is 9.80 Å². The number of likely N-dealkylation sites (tertiary alicyclic amines) is 1. The molecule has 0 aromatic carbocycles. The molecule has 1 aliphatic rings. The summed E-state index contributed by atoms with van der Waals surface area (Å²) in [5, 5.41) is 11.7. The van der Waals surface area contributed by atoms with Crippen molar-refractivity contribution in [1.29, 1.82) is 0 Å². The Balaban J connectivity index is 1.97. The number of carbonyl (C=O) groups excluding carboxylic acids is 1. The fourth-order valence-electron chi connectivity index (χ4n) is 3.21. The van der Waals surface area contributed by atoms with E-state index in [0.29, 0.717) is 31.5 Å². The van der Waals surface area contributed by atoms with Gasteiger partial charge in [0, 0.05) is 56.1 Å². The monoisotopic (exact) mass is 354 g/mol. The van der Waals surface area contributed by atoms with Gasteiger partial charge in [-0.15, -0.1) is 11.3 Å². The minimum Gasteiger partial charge on any atom is -0.396 e. The number of ether oxygens (including phenoxy) is 1. The normalized spacial score (nSPS) is 21.2. The fraction of sp³-hybridized carbons (Fsp3) is 0.722. The maximum atomic E-state index is 12.8. The van der Waals surface area contributed by atoms with Crippen LogP contribution < -0.4 is 0 Å². The van der Waals surface area contributed by atoms with Crippen LogP contribution in [0.4, 0.5) is 0 Å². The molecule has 1 aromatic rings. The van der Waals surface area contributed by atoms with E-state index in [1.807, 2.05) is 16.3 Å². The molecule has 0 aliphatic carbocycles. The van der Waals surface area contributed by atoms with Crippen molar-refractivity contribution >= 4 is 17.2 Å². The molecule has 6 heteroatoms. The van der Waals surface area contributed by atoms with Gasteiger partial charge in [-0.2, -0.15) is 0 Å². The van der Waals surface area contributed by atoms with Gasteiger partial charge in [-0.25, -0.2) is 0 Å². The molecule has 1 saturated heterocycles. The van der Waals surface area contributed by atoms with Crippen LogP contribution in [-0.2, 0) is 4.74 Å². The van der Waals surface area contributed by atoms with E-state index in [1.54, 1.807) is 18.4 Å². The summed E-state index contributed by atoms with van der Waals surface area (Å²) in [4.78, 5) is 18.1. The highest BCUT2D eigenvalue weighted by molar-refractivity contribution is 7.10. The smallest absolute Gasteiger partial charge is 0.254 e. The summed E-state index contributed by atoms with van der Waals surface area (Å²) in [6.07, 6.45) is 0. The predicted molar refractivity (Wildman–Crippen MR) is 97.8 cm³/mol. The number of carbonyl (C=O) groups is 1. The second kappa shape index (κ2) is 8.94. The van der Waals surface area contributed by atoms with Gasteiger partial charge in [0.25, 0.3) is 5.91 Å². The predicted octanol–water partition coefficient (Wildman–Crippen LogP) is 2.13. The molecule has 0 unspecified atom stereocenters. The van der Waals surface area contributed by atoms with Crippen LogP contribution >= 0.6 is 11.3 Å². The van der Waals surface area contributed by atoms with E-state index in [9.17, 15) is 9.90 Å². The maximum absolute atomic E-state index is 12.8. The molecule has 2 rings (SSSR count). The van der Waals surface area contributed by atoms with E-state index in [2.05, 4.69) is 25.8 Å². The Labute approximate surface area is 149 Å². The molecule has 0 bridgehead atoms. The summed E-state index contributed by atoms with van der Waals surface area (Å²) in [5.41, 5.74) is 0.786. The van der Waals surface area contributed by atoms with Crippen LogP contribution in [0.15, 0.2) is 11.4 Å². The first kappa shape index (κ1) is 19.4. The van der Waals surface area contributed by atoms with Crippen LogP contribution in [0.1, 0.15) is 35.0 Å².